The van der Waals surface area contributed by atoms with Crippen molar-refractivity contribution in [2.75, 3.05) is 19.5 Å². The van der Waals surface area contributed by atoms with Gasteiger partial charge in [0.25, 0.3) is 0 Å². The lowest BCUT2D eigenvalue weighted by Gasteiger charge is -2.43. The van der Waals surface area contributed by atoms with Gasteiger partial charge in [0.05, 0.1) is 19.1 Å². The fraction of sp³-hybridized carbons (Fsp3) is 0.500. The van der Waals surface area contributed by atoms with E-state index in [-0.39, 0.29) is 11.3 Å². The van der Waals surface area contributed by atoms with Gasteiger partial charge in [-0.2, -0.15) is 0 Å². The number of ether oxygens (including phenoxy) is 1. The van der Waals surface area contributed by atoms with E-state index in [0.29, 0.717) is 19.6 Å². The summed E-state index contributed by atoms with van der Waals surface area (Å²) in [5.74, 6) is -1.07. The molecule has 1 aromatic rings. The molecule has 2 rings (SSSR count). The molecule has 1 aliphatic rings. The molecule has 1 saturated heterocycles. The number of hydrogen-bond donors (Lipinski definition) is 1. The highest BCUT2D eigenvalue weighted by Gasteiger charge is 2.42. The van der Waals surface area contributed by atoms with E-state index >= 15 is 0 Å². The zero-order valence-corrected chi connectivity index (χ0v) is 11.5. The Kier molecular flexibility index (Phi) is 3.97. The van der Waals surface area contributed by atoms with Gasteiger partial charge in [-0.25, -0.2) is 0 Å². The van der Waals surface area contributed by atoms with Crippen LogP contribution in [0.3, 0.4) is 0 Å². The first-order valence-electron chi connectivity index (χ1n) is 6.02. The van der Waals surface area contributed by atoms with Gasteiger partial charge in [-0.3, -0.25) is 4.79 Å². The summed E-state index contributed by atoms with van der Waals surface area (Å²) >= 11 is 1.71. The van der Waals surface area contributed by atoms with E-state index < -0.39 is 5.97 Å². The molecule has 0 spiro atoms. The molecule has 4 heteroatoms. The molecule has 1 fully saturated rings. The predicted octanol–water partition coefficient (Wildman–Crippen LogP) is 2.79. The largest absolute Gasteiger partial charge is 0.481 e. The van der Waals surface area contributed by atoms with Crippen LogP contribution >= 0.6 is 11.8 Å². The monoisotopic (exact) mass is 266 g/mol. The van der Waals surface area contributed by atoms with Crippen molar-refractivity contribution in [2.45, 2.75) is 23.7 Å². The number of carbonyl (C=O) groups is 1. The van der Waals surface area contributed by atoms with Crippen molar-refractivity contribution in [3.63, 3.8) is 0 Å². The highest BCUT2D eigenvalue weighted by Crippen LogP contribution is 2.38. The number of carboxylic acid groups (broad SMARTS) is 1. The molecule has 0 aliphatic carbocycles. The molecule has 18 heavy (non-hydrogen) atoms. The predicted molar refractivity (Wildman–Crippen MR) is 72.1 cm³/mol. The van der Waals surface area contributed by atoms with Crippen molar-refractivity contribution in [2.24, 2.45) is 5.92 Å². The lowest BCUT2D eigenvalue weighted by molar-refractivity contribution is -0.144. The van der Waals surface area contributed by atoms with Gasteiger partial charge in [-0.1, -0.05) is 19.1 Å². The average molecular weight is 266 g/mol. The number of carboxylic acids is 1. The molecule has 0 bridgehead atoms. The van der Waals surface area contributed by atoms with Crippen LogP contribution in [0.15, 0.2) is 29.2 Å². The third-order valence-electron chi connectivity index (χ3n) is 3.58. The van der Waals surface area contributed by atoms with Crippen molar-refractivity contribution in [3.05, 3.63) is 29.8 Å². The van der Waals surface area contributed by atoms with E-state index in [1.54, 1.807) is 18.7 Å². The molecule has 1 heterocycles. The summed E-state index contributed by atoms with van der Waals surface area (Å²) in [5.41, 5.74) is 1.09. The van der Waals surface area contributed by atoms with E-state index in [9.17, 15) is 4.79 Å². The van der Waals surface area contributed by atoms with Crippen LogP contribution in [0.1, 0.15) is 18.9 Å². The van der Waals surface area contributed by atoms with Crippen LogP contribution in [0.2, 0.25) is 0 Å². The molecule has 1 atom stereocenters. The molecule has 1 N–H and O–H groups in total. The Bertz CT molecular complexity index is 423. The minimum atomic E-state index is -0.734. The maximum atomic E-state index is 11.0. The normalized spacial score (nSPS) is 19.0. The smallest absolute Gasteiger partial charge is 0.306 e. The highest BCUT2D eigenvalue weighted by molar-refractivity contribution is 7.98. The van der Waals surface area contributed by atoms with Crippen LogP contribution in [0.25, 0.3) is 0 Å². The molecule has 0 saturated carbocycles. The Morgan fingerprint density at radius 3 is 2.44 bits per heavy atom. The Morgan fingerprint density at radius 1 is 1.44 bits per heavy atom. The Morgan fingerprint density at radius 2 is 2.06 bits per heavy atom. The zero-order valence-electron chi connectivity index (χ0n) is 10.7. The van der Waals surface area contributed by atoms with E-state index in [1.165, 1.54) is 10.5 Å². The molecule has 1 unspecified atom stereocenters. The number of benzene rings is 1. The molecule has 0 amide bonds. The second-order valence-electron chi connectivity index (χ2n) is 4.95. The molecule has 1 aromatic carbocycles. The molecular weight excluding hydrogens is 248 g/mol. The van der Waals surface area contributed by atoms with E-state index in [1.807, 2.05) is 6.26 Å². The summed E-state index contributed by atoms with van der Waals surface area (Å²) in [7, 11) is 0. The maximum Gasteiger partial charge on any atom is 0.306 e. The van der Waals surface area contributed by atoms with Crippen molar-refractivity contribution in [1.82, 2.24) is 0 Å². The molecular formula is C14H18O3S. The van der Waals surface area contributed by atoms with Crippen molar-refractivity contribution >= 4 is 17.7 Å². The van der Waals surface area contributed by atoms with E-state index in [2.05, 4.69) is 24.3 Å². The van der Waals surface area contributed by atoms with Crippen LogP contribution < -0.4 is 0 Å². The second-order valence-corrected chi connectivity index (χ2v) is 5.82. The van der Waals surface area contributed by atoms with Gasteiger partial charge < -0.3 is 9.84 Å². The summed E-state index contributed by atoms with van der Waals surface area (Å²) < 4.78 is 5.33. The summed E-state index contributed by atoms with van der Waals surface area (Å²) in [5, 5.41) is 9.05. The summed E-state index contributed by atoms with van der Waals surface area (Å²) in [6.45, 7) is 3.02. The van der Waals surface area contributed by atoms with Gasteiger partial charge in [0.2, 0.25) is 0 Å². The fourth-order valence-corrected chi connectivity index (χ4v) is 2.78. The summed E-state index contributed by atoms with van der Waals surface area (Å²) in [4.78, 5) is 12.2. The Balaban J connectivity index is 2.18. The molecule has 1 aliphatic heterocycles. The number of rotatable bonds is 5. The molecule has 98 valence electrons. The van der Waals surface area contributed by atoms with Crippen LogP contribution in [0, 0.1) is 5.92 Å². The van der Waals surface area contributed by atoms with Gasteiger partial charge in [0.1, 0.15) is 0 Å². The summed E-state index contributed by atoms with van der Waals surface area (Å²) in [6, 6.07) is 8.38. The first-order chi connectivity index (χ1) is 8.57. The lowest BCUT2D eigenvalue weighted by atomic mass is 9.72. The second kappa shape index (κ2) is 5.33. The van der Waals surface area contributed by atoms with Crippen LogP contribution in [-0.2, 0) is 14.9 Å². The van der Waals surface area contributed by atoms with Crippen molar-refractivity contribution in [3.8, 4) is 0 Å². The average Bonchev–Trinajstić information content (AvgIpc) is 2.33. The third kappa shape index (κ3) is 2.54. The summed E-state index contributed by atoms with van der Waals surface area (Å²) in [6.07, 6.45) is 2.69. The molecule has 3 nitrogen and oxygen atoms in total. The lowest BCUT2D eigenvalue weighted by Crippen LogP contribution is -2.48. The Hall–Kier alpha value is -1.00. The van der Waals surface area contributed by atoms with Gasteiger partial charge in [0, 0.05) is 10.3 Å². The third-order valence-corrected chi connectivity index (χ3v) is 4.32. The number of aliphatic carboxylic acids is 1. The quantitative estimate of drug-likeness (QED) is 0.832. The van der Waals surface area contributed by atoms with Crippen molar-refractivity contribution < 1.29 is 14.6 Å². The number of thioether (sulfide) groups is 1. The van der Waals surface area contributed by atoms with Gasteiger partial charge >= 0.3 is 5.97 Å². The Labute approximate surface area is 112 Å². The van der Waals surface area contributed by atoms with Crippen LogP contribution in [-0.4, -0.2) is 30.5 Å². The minimum absolute atomic E-state index is 0.102. The van der Waals surface area contributed by atoms with Crippen LogP contribution in [0.4, 0.5) is 0 Å². The van der Waals surface area contributed by atoms with E-state index in [0.717, 1.165) is 0 Å². The van der Waals surface area contributed by atoms with Gasteiger partial charge in [-0.15, -0.1) is 11.8 Å². The highest BCUT2D eigenvalue weighted by atomic mass is 32.2. The molecule has 0 aromatic heterocycles. The minimum Gasteiger partial charge on any atom is -0.481 e. The first-order valence-corrected chi connectivity index (χ1v) is 7.25. The SMILES string of the molecule is CSc1ccc(C2(CC(C)C(=O)O)COC2)cc1. The maximum absolute atomic E-state index is 11.0. The van der Waals surface area contributed by atoms with Gasteiger partial charge in [0.15, 0.2) is 0 Å². The fourth-order valence-electron chi connectivity index (χ4n) is 2.37. The van der Waals surface area contributed by atoms with Gasteiger partial charge in [-0.05, 0) is 30.4 Å². The zero-order chi connectivity index (χ0) is 13.2. The molecule has 0 radical (unpaired) electrons. The number of hydrogen-bond acceptors (Lipinski definition) is 3. The van der Waals surface area contributed by atoms with Crippen LogP contribution in [0.5, 0.6) is 0 Å². The first kappa shape index (κ1) is 13.4. The van der Waals surface area contributed by atoms with E-state index in [4.69, 9.17) is 9.84 Å². The standard InChI is InChI=1S/C14H18O3S/c1-10(13(15)16)7-14(8-17-9-14)11-3-5-12(18-2)6-4-11/h3-6,10H,7-9H2,1-2H3,(H,15,16). The van der Waals surface area contributed by atoms with Crippen molar-refractivity contribution in [1.29, 1.82) is 0 Å². The topological polar surface area (TPSA) is 46.5 Å².